The Kier molecular flexibility index (Phi) is 2.89. The molecule has 1 saturated heterocycles. The highest BCUT2D eigenvalue weighted by Gasteiger charge is 2.41. The Morgan fingerprint density at radius 1 is 1.46 bits per heavy atom. The van der Waals surface area contributed by atoms with E-state index in [0.717, 1.165) is 0 Å². The van der Waals surface area contributed by atoms with Gasteiger partial charge in [0.15, 0.2) is 0 Å². The molecular weight excluding hydrogens is 168 g/mol. The normalized spacial score (nSPS) is 20.4. The molecule has 0 saturated carbocycles. The van der Waals surface area contributed by atoms with Crippen molar-refractivity contribution < 1.29 is 9.53 Å². The van der Waals surface area contributed by atoms with E-state index in [0.29, 0.717) is 26.1 Å². The van der Waals surface area contributed by atoms with Gasteiger partial charge in [-0.1, -0.05) is 0 Å². The molecule has 0 radical (unpaired) electrons. The van der Waals surface area contributed by atoms with Gasteiger partial charge in [0.05, 0.1) is 6.07 Å². The highest BCUT2D eigenvalue weighted by molar-refractivity contribution is 5.85. The third kappa shape index (κ3) is 1.81. The molecule has 0 unspecified atom stereocenters. The second-order valence-electron chi connectivity index (χ2n) is 3.51. The van der Waals surface area contributed by atoms with Gasteiger partial charge < -0.3 is 9.64 Å². The predicted octanol–water partition coefficient (Wildman–Crippen LogP) is 0.395. The predicted molar refractivity (Wildman–Crippen MR) is 46.8 cm³/mol. The van der Waals surface area contributed by atoms with Crippen LogP contribution in [-0.4, -0.2) is 38.1 Å². The van der Waals surface area contributed by atoms with Gasteiger partial charge in [-0.2, -0.15) is 5.26 Å². The van der Waals surface area contributed by atoms with Crippen molar-refractivity contribution in [2.45, 2.75) is 12.8 Å². The van der Waals surface area contributed by atoms with E-state index >= 15 is 0 Å². The van der Waals surface area contributed by atoms with E-state index in [9.17, 15) is 4.79 Å². The lowest BCUT2D eigenvalue weighted by molar-refractivity contribution is -0.140. The maximum Gasteiger partial charge on any atom is 0.242 e. The first kappa shape index (κ1) is 10.0. The Morgan fingerprint density at radius 3 is 2.38 bits per heavy atom. The third-order valence-corrected chi connectivity index (χ3v) is 2.38. The average molecular weight is 182 g/mol. The van der Waals surface area contributed by atoms with Crippen molar-refractivity contribution in [3.63, 3.8) is 0 Å². The number of amides is 1. The van der Waals surface area contributed by atoms with Crippen molar-refractivity contribution in [1.29, 1.82) is 5.26 Å². The van der Waals surface area contributed by atoms with Gasteiger partial charge in [-0.15, -0.1) is 0 Å². The highest BCUT2D eigenvalue weighted by Crippen LogP contribution is 2.31. The summed E-state index contributed by atoms with van der Waals surface area (Å²) < 4.78 is 5.13. The first-order valence-electron chi connectivity index (χ1n) is 4.33. The topological polar surface area (TPSA) is 53.3 Å². The summed E-state index contributed by atoms with van der Waals surface area (Å²) in [5.41, 5.74) is -0.832. The lowest BCUT2D eigenvalue weighted by Crippen LogP contribution is -2.43. The minimum absolute atomic E-state index is 0.0988. The van der Waals surface area contributed by atoms with Crippen LogP contribution < -0.4 is 0 Å². The van der Waals surface area contributed by atoms with Gasteiger partial charge in [-0.25, -0.2) is 0 Å². The number of nitrogens with zero attached hydrogens (tertiary/aromatic N) is 2. The van der Waals surface area contributed by atoms with Crippen molar-refractivity contribution in [1.82, 2.24) is 4.90 Å². The molecule has 4 nitrogen and oxygen atoms in total. The van der Waals surface area contributed by atoms with E-state index in [2.05, 4.69) is 6.07 Å². The SMILES string of the molecule is CN(C)C(=O)C1(C#N)CCOCC1. The van der Waals surface area contributed by atoms with Crippen molar-refractivity contribution in [3.8, 4) is 6.07 Å². The Morgan fingerprint density at radius 2 is 2.00 bits per heavy atom. The van der Waals surface area contributed by atoms with Crippen molar-refractivity contribution in [3.05, 3.63) is 0 Å². The van der Waals surface area contributed by atoms with E-state index in [-0.39, 0.29) is 5.91 Å². The van der Waals surface area contributed by atoms with Crippen LogP contribution in [0.5, 0.6) is 0 Å². The van der Waals surface area contributed by atoms with Crippen LogP contribution in [0.2, 0.25) is 0 Å². The Hall–Kier alpha value is -1.08. The zero-order valence-electron chi connectivity index (χ0n) is 8.04. The first-order valence-corrected chi connectivity index (χ1v) is 4.33. The van der Waals surface area contributed by atoms with Crippen LogP contribution in [0.1, 0.15) is 12.8 Å². The van der Waals surface area contributed by atoms with Crippen molar-refractivity contribution in [2.75, 3.05) is 27.3 Å². The number of nitriles is 1. The summed E-state index contributed by atoms with van der Waals surface area (Å²) in [6, 6.07) is 2.13. The molecule has 0 aliphatic carbocycles. The molecule has 0 atom stereocenters. The Labute approximate surface area is 78.1 Å². The molecular formula is C9H14N2O2. The molecule has 0 N–H and O–H groups in total. The fraction of sp³-hybridized carbons (Fsp3) is 0.778. The van der Waals surface area contributed by atoms with E-state index in [1.54, 1.807) is 14.1 Å². The van der Waals surface area contributed by atoms with Crippen LogP contribution in [0.3, 0.4) is 0 Å². The number of hydrogen-bond donors (Lipinski definition) is 0. The molecule has 4 heteroatoms. The van der Waals surface area contributed by atoms with Crippen molar-refractivity contribution in [2.24, 2.45) is 5.41 Å². The van der Waals surface area contributed by atoms with Crippen LogP contribution in [0.25, 0.3) is 0 Å². The van der Waals surface area contributed by atoms with Gasteiger partial charge >= 0.3 is 0 Å². The molecule has 1 amide bonds. The smallest absolute Gasteiger partial charge is 0.242 e. The number of ether oxygens (including phenoxy) is 1. The Bertz CT molecular complexity index is 236. The maximum absolute atomic E-state index is 11.7. The second-order valence-corrected chi connectivity index (χ2v) is 3.51. The molecule has 0 aromatic heterocycles. The van der Waals surface area contributed by atoms with Crippen LogP contribution >= 0.6 is 0 Å². The zero-order valence-corrected chi connectivity index (χ0v) is 8.04. The molecule has 0 spiro atoms. The van der Waals surface area contributed by atoms with E-state index < -0.39 is 5.41 Å². The fourth-order valence-corrected chi connectivity index (χ4v) is 1.52. The molecule has 1 fully saturated rings. The summed E-state index contributed by atoms with van der Waals surface area (Å²) >= 11 is 0. The lowest BCUT2D eigenvalue weighted by atomic mass is 9.80. The molecule has 0 aromatic carbocycles. The molecule has 0 bridgehead atoms. The highest BCUT2D eigenvalue weighted by atomic mass is 16.5. The summed E-state index contributed by atoms with van der Waals surface area (Å²) in [6.45, 7) is 1.01. The summed E-state index contributed by atoms with van der Waals surface area (Å²) in [5.74, 6) is -0.0988. The lowest BCUT2D eigenvalue weighted by Gasteiger charge is -2.31. The largest absolute Gasteiger partial charge is 0.381 e. The number of carbonyl (C=O) groups excluding carboxylic acids is 1. The average Bonchev–Trinajstić information content (AvgIpc) is 2.17. The van der Waals surface area contributed by atoms with E-state index in [1.807, 2.05) is 0 Å². The van der Waals surface area contributed by atoms with E-state index in [1.165, 1.54) is 4.90 Å². The molecule has 1 aliphatic rings. The maximum atomic E-state index is 11.7. The number of hydrogen-bond acceptors (Lipinski definition) is 3. The van der Waals surface area contributed by atoms with Gasteiger partial charge in [-0.3, -0.25) is 4.79 Å². The van der Waals surface area contributed by atoms with Crippen molar-refractivity contribution >= 4 is 5.91 Å². The van der Waals surface area contributed by atoms with Gasteiger partial charge in [0.25, 0.3) is 0 Å². The van der Waals surface area contributed by atoms with Crippen LogP contribution in [-0.2, 0) is 9.53 Å². The second kappa shape index (κ2) is 3.75. The minimum atomic E-state index is -0.832. The van der Waals surface area contributed by atoms with E-state index in [4.69, 9.17) is 10.00 Å². The van der Waals surface area contributed by atoms with Crippen LogP contribution in [0.15, 0.2) is 0 Å². The Balaban J connectivity index is 2.80. The summed E-state index contributed by atoms with van der Waals surface area (Å²) in [4.78, 5) is 13.2. The summed E-state index contributed by atoms with van der Waals surface area (Å²) in [7, 11) is 3.35. The number of carbonyl (C=O) groups is 1. The van der Waals surface area contributed by atoms with Gasteiger partial charge in [0.2, 0.25) is 5.91 Å². The first-order chi connectivity index (χ1) is 6.12. The van der Waals surface area contributed by atoms with Crippen LogP contribution in [0.4, 0.5) is 0 Å². The summed E-state index contributed by atoms with van der Waals surface area (Å²) in [5, 5.41) is 9.01. The quantitative estimate of drug-likeness (QED) is 0.589. The summed E-state index contributed by atoms with van der Waals surface area (Å²) in [6.07, 6.45) is 1.03. The number of rotatable bonds is 1. The van der Waals surface area contributed by atoms with Crippen LogP contribution in [0, 0.1) is 16.7 Å². The molecule has 1 heterocycles. The minimum Gasteiger partial charge on any atom is -0.381 e. The van der Waals surface area contributed by atoms with Gasteiger partial charge in [0, 0.05) is 27.3 Å². The van der Waals surface area contributed by atoms with Gasteiger partial charge in [0.1, 0.15) is 5.41 Å². The fourth-order valence-electron chi connectivity index (χ4n) is 1.52. The molecule has 1 rings (SSSR count). The molecule has 1 aliphatic heterocycles. The third-order valence-electron chi connectivity index (χ3n) is 2.38. The van der Waals surface area contributed by atoms with Gasteiger partial charge in [-0.05, 0) is 12.8 Å². The monoisotopic (exact) mass is 182 g/mol. The molecule has 0 aromatic rings. The zero-order chi connectivity index (χ0) is 9.90. The molecule has 72 valence electrons. The standard InChI is InChI=1S/C9H14N2O2/c1-11(2)8(12)9(7-10)3-5-13-6-4-9/h3-6H2,1-2H3. The molecule has 13 heavy (non-hydrogen) atoms.